The summed E-state index contributed by atoms with van der Waals surface area (Å²) < 4.78 is 23.9. The minimum atomic E-state index is -1.91. The number of hydrogen-bond donors (Lipinski definition) is 1. The zero-order valence-corrected chi connectivity index (χ0v) is 26.7. The summed E-state index contributed by atoms with van der Waals surface area (Å²) in [5.74, 6) is 0. The first-order valence-corrected chi connectivity index (χ1v) is 16.8. The van der Waals surface area contributed by atoms with Crippen molar-refractivity contribution in [3.63, 3.8) is 0 Å². The molecule has 0 radical (unpaired) electrons. The number of quaternary nitrogens is 1. The van der Waals surface area contributed by atoms with Crippen molar-refractivity contribution in [2.75, 3.05) is 54.1 Å². The van der Waals surface area contributed by atoms with Crippen molar-refractivity contribution in [3.8, 4) is 0 Å². The number of benzene rings is 1. The molecule has 1 aromatic rings. The fourth-order valence-electron chi connectivity index (χ4n) is 4.41. The molecule has 6 nitrogen and oxygen atoms in total. The number of rotatable bonds is 28. The lowest BCUT2D eigenvalue weighted by molar-refractivity contribution is -0.870. The molecule has 0 aromatic heterocycles. The fraction of sp³-hybridized carbons (Fsp3) is 0.812. The molecule has 0 spiro atoms. The minimum absolute atomic E-state index is 0.246. The predicted octanol–water partition coefficient (Wildman–Crippen LogP) is 8.42. The molecule has 7 heteroatoms. The summed E-state index contributed by atoms with van der Waals surface area (Å²) in [7, 11) is 4.53. The SMILES string of the molecule is CCCCCCCCCCCCCCCCOCC(COP(O)OCCC[N+](C)(C)C)OCc1ccccc1. The number of hydrogen-bond acceptors (Lipinski definition) is 5. The summed E-state index contributed by atoms with van der Waals surface area (Å²) in [5, 5.41) is 0. The van der Waals surface area contributed by atoms with E-state index in [-0.39, 0.29) is 12.7 Å². The average molecular weight is 571 g/mol. The summed E-state index contributed by atoms with van der Waals surface area (Å²) >= 11 is 0. The molecular weight excluding hydrogens is 509 g/mol. The summed E-state index contributed by atoms with van der Waals surface area (Å²) in [6.45, 7) is 5.69. The first-order valence-electron chi connectivity index (χ1n) is 15.7. The van der Waals surface area contributed by atoms with E-state index >= 15 is 0 Å². The Kier molecular flexibility index (Phi) is 23.5. The van der Waals surface area contributed by atoms with Crippen LogP contribution < -0.4 is 0 Å². The van der Waals surface area contributed by atoms with Crippen molar-refractivity contribution in [1.29, 1.82) is 0 Å². The van der Waals surface area contributed by atoms with Crippen molar-refractivity contribution in [2.45, 2.75) is 116 Å². The van der Waals surface area contributed by atoms with E-state index < -0.39 is 8.60 Å². The topological polar surface area (TPSA) is 57.2 Å². The number of nitrogens with zero attached hydrogens (tertiary/aromatic N) is 1. The second-order valence-electron chi connectivity index (χ2n) is 11.8. The Bertz CT molecular complexity index is 643. The Balaban J connectivity index is 2.12. The Morgan fingerprint density at radius 3 is 1.82 bits per heavy atom. The predicted molar refractivity (Wildman–Crippen MR) is 165 cm³/mol. The van der Waals surface area contributed by atoms with Crippen LogP contribution in [0, 0.1) is 0 Å². The highest BCUT2D eigenvalue weighted by molar-refractivity contribution is 7.40. The van der Waals surface area contributed by atoms with Crippen LogP contribution in [0.1, 0.15) is 109 Å². The maximum atomic E-state index is 10.1. The lowest BCUT2D eigenvalue weighted by Crippen LogP contribution is -2.35. The normalized spacial score (nSPS) is 13.6. The molecule has 1 rings (SSSR count). The van der Waals surface area contributed by atoms with Crippen LogP contribution in [0.2, 0.25) is 0 Å². The van der Waals surface area contributed by atoms with Gasteiger partial charge < -0.3 is 27.9 Å². The lowest BCUT2D eigenvalue weighted by atomic mass is 10.0. The second kappa shape index (κ2) is 25.1. The van der Waals surface area contributed by atoms with E-state index in [1.165, 1.54) is 83.5 Å². The highest BCUT2D eigenvalue weighted by atomic mass is 31.2. The summed E-state index contributed by atoms with van der Waals surface area (Å²) in [6, 6.07) is 10.1. The van der Waals surface area contributed by atoms with Gasteiger partial charge in [0.05, 0.1) is 54.1 Å². The van der Waals surface area contributed by atoms with Crippen molar-refractivity contribution >= 4 is 8.60 Å². The van der Waals surface area contributed by atoms with E-state index in [4.69, 9.17) is 18.5 Å². The van der Waals surface area contributed by atoms with Gasteiger partial charge in [-0.15, -0.1) is 0 Å². The van der Waals surface area contributed by atoms with Crippen molar-refractivity contribution < 1.29 is 27.9 Å². The van der Waals surface area contributed by atoms with Gasteiger partial charge in [0.15, 0.2) is 0 Å². The summed E-state index contributed by atoms with van der Waals surface area (Å²) in [4.78, 5) is 10.1. The van der Waals surface area contributed by atoms with Crippen LogP contribution in [0.3, 0.4) is 0 Å². The molecule has 0 aliphatic rings. The first-order chi connectivity index (χ1) is 18.9. The van der Waals surface area contributed by atoms with Crippen LogP contribution in [-0.2, 0) is 25.1 Å². The third-order valence-electron chi connectivity index (χ3n) is 6.82. The Labute approximate surface area is 242 Å². The third kappa shape index (κ3) is 24.9. The molecule has 1 aromatic carbocycles. The smallest absolute Gasteiger partial charge is 0.329 e. The van der Waals surface area contributed by atoms with Gasteiger partial charge in [-0.3, -0.25) is 0 Å². The molecule has 2 atom stereocenters. The standard InChI is InChI=1S/C32H61NO5P/c1-5-6-7-8-9-10-11-12-13-14-15-16-17-21-26-35-29-32(36-28-31-23-19-18-20-24-31)30-38-39(34)37-27-22-25-33(2,3)4/h18-20,23-24,32,34H,5-17,21-22,25-30H2,1-4H3/q+1. The van der Waals surface area contributed by atoms with Gasteiger partial charge in [0.25, 0.3) is 0 Å². The van der Waals surface area contributed by atoms with Gasteiger partial charge in [-0.2, -0.15) is 0 Å². The summed E-state index contributed by atoms with van der Waals surface area (Å²) in [5.41, 5.74) is 1.11. The van der Waals surface area contributed by atoms with E-state index in [1.54, 1.807) is 0 Å². The van der Waals surface area contributed by atoms with Crippen molar-refractivity contribution in [1.82, 2.24) is 0 Å². The van der Waals surface area contributed by atoms with Crippen LogP contribution in [0.25, 0.3) is 0 Å². The zero-order valence-electron chi connectivity index (χ0n) is 25.8. The monoisotopic (exact) mass is 570 g/mol. The second-order valence-corrected chi connectivity index (χ2v) is 12.8. The Morgan fingerprint density at radius 1 is 0.692 bits per heavy atom. The first kappa shape index (κ1) is 36.4. The highest BCUT2D eigenvalue weighted by Gasteiger charge is 2.16. The molecule has 1 N–H and O–H groups in total. The highest BCUT2D eigenvalue weighted by Crippen LogP contribution is 2.33. The van der Waals surface area contributed by atoms with Crippen molar-refractivity contribution in [2.24, 2.45) is 0 Å². The fourth-order valence-corrected chi connectivity index (χ4v) is 5.07. The largest absolute Gasteiger partial charge is 0.379 e. The van der Waals surface area contributed by atoms with Gasteiger partial charge in [-0.1, -0.05) is 121 Å². The Hall–Kier alpha value is -0.590. The van der Waals surface area contributed by atoms with Gasteiger partial charge in [0.1, 0.15) is 6.10 Å². The molecule has 0 saturated heterocycles. The van der Waals surface area contributed by atoms with Gasteiger partial charge in [-0.05, 0) is 12.0 Å². The molecule has 0 heterocycles. The molecule has 2 unspecified atom stereocenters. The average Bonchev–Trinajstić information content (AvgIpc) is 2.92. The third-order valence-corrected chi connectivity index (χ3v) is 7.59. The van der Waals surface area contributed by atoms with Gasteiger partial charge in [0, 0.05) is 13.0 Å². The van der Waals surface area contributed by atoms with E-state index in [2.05, 4.69) is 28.1 Å². The van der Waals surface area contributed by atoms with E-state index in [0.29, 0.717) is 19.8 Å². The maximum absolute atomic E-state index is 10.1. The van der Waals surface area contributed by atoms with Crippen molar-refractivity contribution in [3.05, 3.63) is 35.9 Å². The molecule has 0 aliphatic heterocycles. The van der Waals surface area contributed by atoms with Gasteiger partial charge in [0.2, 0.25) is 0 Å². The molecular formula is C32H61NO5P+. The zero-order chi connectivity index (χ0) is 28.4. The van der Waals surface area contributed by atoms with Crippen LogP contribution in [-0.4, -0.2) is 69.6 Å². The van der Waals surface area contributed by atoms with E-state index in [9.17, 15) is 4.89 Å². The lowest BCUT2D eigenvalue weighted by Gasteiger charge is -2.24. The molecule has 0 amide bonds. The van der Waals surface area contributed by atoms with Gasteiger partial charge in [-0.25, -0.2) is 0 Å². The van der Waals surface area contributed by atoms with Crippen LogP contribution in [0.5, 0.6) is 0 Å². The number of unbranched alkanes of at least 4 members (excludes halogenated alkanes) is 13. The quantitative estimate of drug-likeness (QED) is 0.0623. The molecule has 228 valence electrons. The minimum Gasteiger partial charge on any atom is -0.379 e. The van der Waals surface area contributed by atoms with Crippen LogP contribution in [0.15, 0.2) is 30.3 Å². The van der Waals surface area contributed by atoms with Crippen LogP contribution >= 0.6 is 8.60 Å². The molecule has 39 heavy (non-hydrogen) atoms. The number of ether oxygens (including phenoxy) is 2. The van der Waals surface area contributed by atoms with E-state index in [0.717, 1.165) is 36.0 Å². The van der Waals surface area contributed by atoms with Crippen LogP contribution in [0.4, 0.5) is 0 Å². The molecule has 0 saturated carbocycles. The maximum Gasteiger partial charge on any atom is 0.329 e. The van der Waals surface area contributed by atoms with Gasteiger partial charge >= 0.3 is 8.60 Å². The molecule has 0 bridgehead atoms. The van der Waals surface area contributed by atoms with E-state index in [1.807, 2.05) is 30.3 Å². The molecule has 0 aliphatic carbocycles. The molecule has 0 fully saturated rings. The summed E-state index contributed by atoms with van der Waals surface area (Å²) in [6.07, 6.45) is 19.6. The Morgan fingerprint density at radius 2 is 1.26 bits per heavy atom.